The number of hydrogen-bond acceptors (Lipinski definition) is 6. The van der Waals surface area contributed by atoms with Crippen LogP contribution >= 0.6 is 12.2 Å². The van der Waals surface area contributed by atoms with Crippen molar-refractivity contribution in [1.29, 1.82) is 0 Å². The van der Waals surface area contributed by atoms with E-state index in [0.717, 1.165) is 0 Å². The normalized spacial score (nSPS) is 14.8. The Morgan fingerprint density at radius 2 is 1.62 bits per heavy atom. The van der Waals surface area contributed by atoms with Gasteiger partial charge in [-0.3, -0.25) is 19.4 Å². The molecule has 1 aliphatic heterocycles. The molecule has 0 bridgehead atoms. The molecule has 0 saturated carbocycles. The summed E-state index contributed by atoms with van der Waals surface area (Å²) >= 11 is 5.03. The molecule has 132 valence electrons. The number of amides is 2. The summed E-state index contributed by atoms with van der Waals surface area (Å²) in [6.45, 7) is 0. The van der Waals surface area contributed by atoms with Gasteiger partial charge in [0.15, 0.2) is 5.11 Å². The predicted octanol–water partition coefficient (Wildman–Crippen LogP) is 0.909. The maximum Gasteiger partial charge on any atom is 0.265 e. The molecule has 1 fully saturated rings. The number of likely N-dealkylation sites (N-methyl/N-ethyl adjacent to an activating group) is 2. The lowest BCUT2D eigenvalue weighted by Crippen LogP contribution is -2.52. The van der Waals surface area contributed by atoms with Crippen LogP contribution in [0.25, 0.3) is 17.4 Å². The van der Waals surface area contributed by atoms with Gasteiger partial charge in [0.05, 0.1) is 5.97 Å². The van der Waals surface area contributed by atoms with E-state index in [4.69, 9.17) is 16.6 Å². The number of thiocarbonyl (C=S) groups is 1. The first-order chi connectivity index (χ1) is 12.3. The summed E-state index contributed by atoms with van der Waals surface area (Å²) in [6, 6.07) is 9.25. The second-order valence-electron chi connectivity index (χ2n) is 5.64. The van der Waals surface area contributed by atoms with E-state index in [1.54, 1.807) is 24.3 Å². The van der Waals surface area contributed by atoms with Crippen molar-refractivity contribution < 1.29 is 23.9 Å². The van der Waals surface area contributed by atoms with E-state index in [-0.39, 0.29) is 16.2 Å². The van der Waals surface area contributed by atoms with Crippen molar-refractivity contribution in [3.8, 4) is 11.3 Å². The first kappa shape index (κ1) is 17.6. The quantitative estimate of drug-likeness (QED) is 0.453. The molecule has 3 rings (SSSR count). The number of furan rings is 1. The number of carbonyl (C=O) groups excluding carboxylic acids is 3. The summed E-state index contributed by atoms with van der Waals surface area (Å²) in [4.78, 5) is 37.8. The second kappa shape index (κ2) is 6.57. The summed E-state index contributed by atoms with van der Waals surface area (Å²) in [5, 5.41) is 10.9. The summed E-state index contributed by atoms with van der Waals surface area (Å²) < 4.78 is 5.65. The SMILES string of the molecule is CN1C(=O)C(=Cc2ccc(-c3ccc(C(=O)[O-])cc3)o2)C(=O)N(C)C1=S. The van der Waals surface area contributed by atoms with Crippen LogP contribution in [0.15, 0.2) is 46.4 Å². The predicted molar refractivity (Wildman–Crippen MR) is 94.6 cm³/mol. The molecule has 7 nitrogen and oxygen atoms in total. The van der Waals surface area contributed by atoms with E-state index in [1.165, 1.54) is 42.1 Å². The molecule has 0 atom stereocenters. The van der Waals surface area contributed by atoms with Crippen LogP contribution < -0.4 is 5.11 Å². The molecule has 1 aromatic carbocycles. The largest absolute Gasteiger partial charge is 0.545 e. The summed E-state index contributed by atoms with van der Waals surface area (Å²) in [6.07, 6.45) is 1.36. The molecule has 1 saturated heterocycles. The monoisotopic (exact) mass is 369 g/mol. The zero-order valence-electron chi connectivity index (χ0n) is 13.9. The molecule has 0 unspecified atom stereocenters. The molecule has 2 amide bonds. The molecular weight excluding hydrogens is 356 g/mol. The zero-order valence-corrected chi connectivity index (χ0v) is 14.7. The first-order valence-corrected chi connectivity index (χ1v) is 7.94. The van der Waals surface area contributed by atoms with Crippen LogP contribution in [0.3, 0.4) is 0 Å². The number of carboxylic acid groups (broad SMARTS) is 1. The van der Waals surface area contributed by atoms with Crippen molar-refractivity contribution in [3.05, 3.63) is 53.3 Å². The molecule has 0 radical (unpaired) electrons. The second-order valence-corrected chi connectivity index (χ2v) is 6.00. The summed E-state index contributed by atoms with van der Waals surface area (Å²) in [5.74, 6) is -1.49. The van der Waals surface area contributed by atoms with Gasteiger partial charge in [-0.25, -0.2) is 0 Å². The Labute approximate surface area is 154 Å². The smallest absolute Gasteiger partial charge is 0.265 e. The average molecular weight is 369 g/mol. The zero-order chi connectivity index (χ0) is 19.0. The molecular formula is C18H13N2O5S-. The van der Waals surface area contributed by atoms with Crippen LogP contribution in [0.2, 0.25) is 0 Å². The highest BCUT2D eigenvalue weighted by Crippen LogP contribution is 2.25. The highest BCUT2D eigenvalue weighted by atomic mass is 32.1. The van der Waals surface area contributed by atoms with Crippen LogP contribution in [0.5, 0.6) is 0 Å². The number of carbonyl (C=O) groups is 3. The van der Waals surface area contributed by atoms with Gasteiger partial charge in [-0.15, -0.1) is 0 Å². The Morgan fingerprint density at radius 3 is 2.15 bits per heavy atom. The Kier molecular flexibility index (Phi) is 4.43. The number of carboxylic acids is 1. The Bertz CT molecular complexity index is 932. The van der Waals surface area contributed by atoms with Crippen molar-refractivity contribution in [3.63, 3.8) is 0 Å². The van der Waals surface area contributed by atoms with Crippen LogP contribution in [0.1, 0.15) is 16.1 Å². The van der Waals surface area contributed by atoms with Crippen molar-refractivity contribution in [2.45, 2.75) is 0 Å². The third-order valence-corrected chi connectivity index (χ3v) is 4.51. The molecule has 1 aliphatic rings. The highest BCUT2D eigenvalue weighted by Gasteiger charge is 2.35. The van der Waals surface area contributed by atoms with Crippen molar-refractivity contribution in [2.24, 2.45) is 0 Å². The third kappa shape index (κ3) is 3.02. The van der Waals surface area contributed by atoms with Gasteiger partial charge in [-0.2, -0.15) is 0 Å². The van der Waals surface area contributed by atoms with Gasteiger partial charge in [0.1, 0.15) is 17.1 Å². The van der Waals surface area contributed by atoms with Gasteiger partial charge >= 0.3 is 0 Å². The molecule has 26 heavy (non-hydrogen) atoms. The first-order valence-electron chi connectivity index (χ1n) is 7.53. The van der Waals surface area contributed by atoms with Crippen LogP contribution in [-0.2, 0) is 9.59 Å². The number of hydrogen-bond donors (Lipinski definition) is 0. The average Bonchev–Trinajstić information content (AvgIpc) is 3.10. The van der Waals surface area contributed by atoms with E-state index < -0.39 is 17.8 Å². The van der Waals surface area contributed by atoms with E-state index in [0.29, 0.717) is 17.1 Å². The maximum absolute atomic E-state index is 12.3. The fraction of sp³-hybridized carbons (Fsp3) is 0.111. The van der Waals surface area contributed by atoms with E-state index >= 15 is 0 Å². The minimum absolute atomic E-state index is 0.0584. The van der Waals surface area contributed by atoms with Crippen LogP contribution in [0, 0.1) is 0 Å². The van der Waals surface area contributed by atoms with Crippen LogP contribution in [0.4, 0.5) is 0 Å². The van der Waals surface area contributed by atoms with Crippen molar-refractivity contribution >= 4 is 41.2 Å². The Hall–Kier alpha value is -3.26. The fourth-order valence-electron chi connectivity index (χ4n) is 2.47. The molecule has 1 aromatic heterocycles. The summed E-state index contributed by atoms with van der Waals surface area (Å²) in [5.41, 5.74) is 0.649. The highest BCUT2D eigenvalue weighted by molar-refractivity contribution is 7.80. The topological polar surface area (TPSA) is 93.9 Å². The fourth-order valence-corrected chi connectivity index (χ4v) is 2.64. The van der Waals surface area contributed by atoms with E-state index in [2.05, 4.69) is 0 Å². The van der Waals surface area contributed by atoms with Gasteiger partial charge in [0.25, 0.3) is 11.8 Å². The molecule has 2 heterocycles. The van der Waals surface area contributed by atoms with Gasteiger partial charge in [0.2, 0.25) is 0 Å². The molecule has 8 heteroatoms. The van der Waals surface area contributed by atoms with E-state index in [9.17, 15) is 19.5 Å². The van der Waals surface area contributed by atoms with Crippen LogP contribution in [-0.4, -0.2) is 46.8 Å². The van der Waals surface area contributed by atoms with Gasteiger partial charge in [-0.1, -0.05) is 24.3 Å². The van der Waals surface area contributed by atoms with Crippen molar-refractivity contribution in [1.82, 2.24) is 9.80 Å². The Morgan fingerprint density at radius 1 is 1.04 bits per heavy atom. The minimum Gasteiger partial charge on any atom is -0.545 e. The molecule has 0 N–H and O–H groups in total. The molecule has 2 aromatic rings. The third-order valence-electron chi connectivity index (χ3n) is 3.96. The minimum atomic E-state index is -1.26. The van der Waals surface area contributed by atoms with Crippen molar-refractivity contribution in [2.75, 3.05) is 14.1 Å². The number of rotatable bonds is 3. The maximum atomic E-state index is 12.3. The Balaban J connectivity index is 1.91. The lowest BCUT2D eigenvalue weighted by molar-refractivity contribution is -0.255. The lowest BCUT2D eigenvalue weighted by atomic mass is 10.1. The number of aromatic carboxylic acids is 1. The van der Waals surface area contributed by atoms with Gasteiger partial charge in [0, 0.05) is 19.7 Å². The number of nitrogens with zero attached hydrogens (tertiary/aromatic N) is 2. The number of benzene rings is 1. The molecule has 0 spiro atoms. The summed E-state index contributed by atoms with van der Waals surface area (Å²) in [7, 11) is 2.99. The van der Waals surface area contributed by atoms with E-state index in [1.807, 2.05) is 0 Å². The lowest BCUT2D eigenvalue weighted by Gasteiger charge is -2.31. The van der Waals surface area contributed by atoms with Gasteiger partial charge < -0.3 is 14.3 Å². The molecule has 0 aliphatic carbocycles. The van der Waals surface area contributed by atoms with Gasteiger partial charge in [-0.05, 0) is 36.0 Å². The standard InChI is InChI=1S/C18H14N2O5S/c1-19-15(21)13(16(22)20(2)18(19)26)9-12-7-8-14(25-12)10-3-5-11(6-4-10)17(23)24/h3-9H,1-2H3,(H,23,24)/p-1.